The standard InChI is InChI=1S/C21H18BrClN2O/c22-19-9-5-17(6-10-19)15-26-21-4-2-1-3-18(21)14-25-24-13-16-7-11-20(23)12-8-16/h1-12,14,24H,13,15H2/b25-14-. The first-order valence-corrected chi connectivity index (χ1v) is 9.34. The molecule has 3 aromatic rings. The predicted molar refractivity (Wildman–Crippen MR) is 111 cm³/mol. The smallest absolute Gasteiger partial charge is 0.128 e. The number of hydrogen-bond donors (Lipinski definition) is 1. The van der Waals surface area contributed by atoms with Crippen LogP contribution in [0.2, 0.25) is 5.02 Å². The van der Waals surface area contributed by atoms with Crippen LogP contribution in [0.1, 0.15) is 16.7 Å². The van der Waals surface area contributed by atoms with Crippen LogP contribution in [0.4, 0.5) is 0 Å². The Morgan fingerprint density at radius 1 is 0.923 bits per heavy atom. The van der Waals surface area contributed by atoms with Gasteiger partial charge in [0, 0.05) is 15.1 Å². The van der Waals surface area contributed by atoms with E-state index in [1.54, 1.807) is 6.21 Å². The first kappa shape index (κ1) is 18.5. The lowest BCUT2D eigenvalue weighted by atomic mass is 10.2. The van der Waals surface area contributed by atoms with Crippen LogP contribution in [0.3, 0.4) is 0 Å². The van der Waals surface area contributed by atoms with E-state index in [1.165, 1.54) is 0 Å². The average molecular weight is 430 g/mol. The zero-order valence-electron chi connectivity index (χ0n) is 14.0. The van der Waals surface area contributed by atoms with Gasteiger partial charge in [0.25, 0.3) is 0 Å². The zero-order valence-corrected chi connectivity index (χ0v) is 16.4. The highest BCUT2D eigenvalue weighted by Crippen LogP contribution is 2.18. The Morgan fingerprint density at radius 2 is 1.62 bits per heavy atom. The Bertz CT molecular complexity index is 864. The maximum absolute atomic E-state index is 5.94. The van der Waals surface area contributed by atoms with Crippen LogP contribution < -0.4 is 10.2 Å². The first-order valence-electron chi connectivity index (χ1n) is 8.17. The summed E-state index contributed by atoms with van der Waals surface area (Å²) in [6.07, 6.45) is 1.77. The lowest BCUT2D eigenvalue weighted by Gasteiger charge is -2.09. The molecule has 0 saturated heterocycles. The normalized spacial score (nSPS) is 10.8. The number of nitrogens with one attached hydrogen (secondary N) is 1. The van der Waals surface area contributed by atoms with E-state index in [2.05, 4.69) is 26.5 Å². The molecule has 0 atom stereocenters. The van der Waals surface area contributed by atoms with Crippen LogP contribution in [0, 0.1) is 0 Å². The second-order valence-electron chi connectivity index (χ2n) is 5.67. The number of hydrogen-bond acceptors (Lipinski definition) is 3. The molecule has 3 rings (SSSR count). The molecule has 5 heteroatoms. The van der Waals surface area contributed by atoms with E-state index in [-0.39, 0.29) is 0 Å². The molecule has 0 aliphatic heterocycles. The Morgan fingerprint density at radius 3 is 2.38 bits per heavy atom. The van der Waals surface area contributed by atoms with Gasteiger partial charge in [0.05, 0.1) is 12.8 Å². The van der Waals surface area contributed by atoms with Gasteiger partial charge in [0.2, 0.25) is 0 Å². The van der Waals surface area contributed by atoms with E-state index < -0.39 is 0 Å². The minimum atomic E-state index is 0.510. The SMILES string of the molecule is Clc1ccc(CN/N=C\c2ccccc2OCc2ccc(Br)cc2)cc1. The number of benzene rings is 3. The van der Waals surface area contributed by atoms with Crippen LogP contribution in [0.5, 0.6) is 5.75 Å². The molecule has 3 nitrogen and oxygen atoms in total. The van der Waals surface area contributed by atoms with Gasteiger partial charge in [-0.1, -0.05) is 63.9 Å². The molecule has 3 aromatic carbocycles. The molecule has 0 radical (unpaired) electrons. The van der Waals surface area contributed by atoms with Crippen molar-refractivity contribution in [2.45, 2.75) is 13.2 Å². The summed E-state index contributed by atoms with van der Waals surface area (Å²) in [5.41, 5.74) is 6.20. The van der Waals surface area contributed by atoms with Crippen molar-refractivity contribution in [2.75, 3.05) is 0 Å². The molecule has 0 aliphatic rings. The molecule has 0 spiro atoms. The molecule has 132 valence electrons. The van der Waals surface area contributed by atoms with Gasteiger partial charge in [0.15, 0.2) is 0 Å². The first-order chi connectivity index (χ1) is 12.7. The van der Waals surface area contributed by atoms with Crippen LogP contribution in [0.25, 0.3) is 0 Å². The highest BCUT2D eigenvalue weighted by atomic mass is 79.9. The summed E-state index contributed by atoms with van der Waals surface area (Å²) in [4.78, 5) is 0. The topological polar surface area (TPSA) is 33.6 Å². The maximum atomic E-state index is 5.94. The van der Waals surface area contributed by atoms with Gasteiger partial charge < -0.3 is 10.2 Å². The predicted octanol–water partition coefficient (Wildman–Crippen LogP) is 5.81. The Labute approximate surface area is 166 Å². The van der Waals surface area contributed by atoms with Crippen LogP contribution >= 0.6 is 27.5 Å². The van der Waals surface area contributed by atoms with Gasteiger partial charge in [-0.25, -0.2) is 0 Å². The molecule has 0 amide bonds. The van der Waals surface area contributed by atoms with Crippen molar-refractivity contribution in [3.63, 3.8) is 0 Å². The van der Waals surface area contributed by atoms with E-state index in [0.717, 1.165) is 31.9 Å². The van der Waals surface area contributed by atoms with Gasteiger partial charge in [0.1, 0.15) is 12.4 Å². The fourth-order valence-electron chi connectivity index (χ4n) is 2.31. The Balaban J connectivity index is 1.57. The third-order valence-electron chi connectivity index (χ3n) is 3.72. The van der Waals surface area contributed by atoms with E-state index in [0.29, 0.717) is 13.2 Å². The van der Waals surface area contributed by atoms with Gasteiger partial charge in [-0.2, -0.15) is 5.10 Å². The van der Waals surface area contributed by atoms with E-state index in [1.807, 2.05) is 72.8 Å². The fourth-order valence-corrected chi connectivity index (χ4v) is 2.71. The second kappa shape index (κ2) is 9.41. The molecular formula is C21H18BrClN2O. The summed E-state index contributed by atoms with van der Waals surface area (Å²) >= 11 is 9.32. The highest BCUT2D eigenvalue weighted by molar-refractivity contribution is 9.10. The zero-order chi connectivity index (χ0) is 18.2. The third-order valence-corrected chi connectivity index (χ3v) is 4.50. The Kier molecular flexibility index (Phi) is 6.69. The maximum Gasteiger partial charge on any atom is 0.128 e. The lowest BCUT2D eigenvalue weighted by molar-refractivity contribution is 0.306. The summed E-state index contributed by atoms with van der Waals surface area (Å²) in [5, 5.41) is 5.02. The summed E-state index contributed by atoms with van der Waals surface area (Å²) in [6.45, 7) is 1.14. The molecule has 0 saturated carbocycles. The van der Waals surface area contributed by atoms with E-state index in [9.17, 15) is 0 Å². The van der Waals surface area contributed by atoms with Crippen molar-refractivity contribution < 1.29 is 4.74 Å². The molecule has 0 aliphatic carbocycles. The average Bonchev–Trinajstić information content (AvgIpc) is 2.67. The van der Waals surface area contributed by atoms with Crippen LogP contribution in [0.15, 0.2) is 82.4 Å². The molecule has 0 unspecified atom stereocenters. The molecule has 1 N–H and O–H groups in total. The monoisotopic (exact) mass is 428 g/mol. The van der Waals surface area contributed by atoms with E-state index in [4.69, 9.17) is 16.3 Å². The molecular weight excluding hydrogens is 412 g/mol. The van der Waals surface area contributed by atoms with Crippen LogP contribution in [-0.2, 0) is 13.2 Å². The third kappa shape index (κ3) is 5.61. The van der Waals surface area contributed by atoms with Crippen molar-refractivity contribution >= 4 is 33.7 Å². The molecule has 0 aromatic heterocycles. The largest absolute Gasteiger partial charge is 0.488 e. The quantitative estimate of drug-likeness (QED) is 0.380. The van der Waals surface area contributed by atoms with Gasteiger partial charge in [-0.15, -0.1) is 0 Å². The lowest BCUT2D eigenvalue weighted by Crippen LogP contribution is -2.06. The van der Waals surface area contributed by atoms with Crippen molar-refractivity contribution in [1.29, 1.82) is 0 Å². The number of para-hydroxylation sites is 1. The summed E-state index contributed by atoms with van der Waals surface area (Å²) in [6, 6.07) is 23.6. The molecule has 0 heterocycles. The summed E-state index contributed by atoms with van der Waals surface area (Å²) < 4.78 is 7.00. The minimum absolute atomic E-state index is 0.510. The number of hydrazone groups is 1. The Hall–Kier alpha value is -2.30. The number of nitrogens with zero attached hydrogens (tertiary/aromatic N) is 1. The second-order valence-corrected chi connectivity index (χ2v) is 7.02. The van der Waals surface area contributed by atoms with Crippen molar-refractivity contribution in [3.05, 3.63) is 99.0 Å². The molecule has 26 heavy (non-hydrogen) atoms. The number of rotatable bonds is 7. The molecule has 0 fully saturated rings. The van der Waals surface area contributed by atoms with Crippen LogP contribution in [-0.4, -0.2) is 6.21 Å². The molecule has 0 bridgehead atoms. The van der Waals surface area contributed by atoms with Crippen molar-refractivity contribution in [3.8, 4) is 5.75 Å². The van der Waals surface area contributed by atoms with E-state index >= 15 is 0 Å². The summed E-state index contributed by atoms with van der Waals surface area (Å²) in [5.74, 6) is 0.799. The minimum Gasteiger partial charge on any atom is -0.488 e. The van der Waals surface area contributed by atoms with Crippen molar-refractivity contribution in [2.24, 2.45) is 5.10 Å². The van der Waals surface area contributed by atoms with Gasteiger partial charge >= 0.3 is 0 Å². The van der Waals surface area contributed by atoms with Gasteiger partial charge in [-0.3, -0.25) is 0 Å². The highest BCUT2D eigenvalue weighted by Gasteiger charge is 2.01. The summed E-state index contributed by atoms with van der Waals surface area (Å²) in [7, 11) is 0. The van der Waals surface area contributed by atoms with Gasteiger partial charge in [-0.05, 0) is 47.5 Å². The number of halogens is 2. The fraction of sp³-hybridized carbons (Fsp3) is 0.0952. The number of ether oxygens (including phenoxy) is 1. The van der Waals surface area contributed by atoms with Crippen molar-refractivity contribution in [1.82, 2.24) is 5.43 Å².